The molecule has 0 aliphatic carbocycles. The molecule has 0 radical (unpaired) electrons. The van der Waals surface area contributed by atoms with E-state index in [4.69, 9.17) is 9.47 Å². The third-order valence-electron chi connectivity index (χ3n) is 3.35. The second kappa shape index (κ2) is 3.90. The largest absolute Gasteiger partial charge is 0.474 e. The Bertz CT molecular complexity index is 377. The fraction of sp³-hybridized carbons (Fsp3) is 0.636. The van der Waals surface area contributed by atoms with Gasteiger partial charge in [0.1, 0.15) is 0 Å². The van der Waals surface area contributed by atoms with E-state index in [1.165, 1.54) is 0 Å². The fourth-order valence-corrected chi connectivity index (χ4v) is 2.30. The smallest absolute Gasteiger partial charge is 0.278 e. The number of nitrogens with one attached hydrogen (secondary N) is 1. The van der Waals surface area contributed by atoms with Gasteiger partial charge in [0.05, 0.1) is 13.2 Å². The second-order valence-electron chi connectivity index (χ2n) is 4.48. The molecule has 1 fully saturated rings. The Kier molecular flexibility index (Phi) is 2.40. The zero-order valence-corrected chi connectivity index (χ0v) is 9.11. The second-order valence-corrected chi connectivity index (χ2v) is 4.48. The Morgan fingerprint density at radius 1 is 1.12 bits per heavy atom. The van der Waals surface area contributed by atoms with Gasteiger partial charge in [-0.15, -0.1) is 0 Å². The molecule has 1 N–H and O–H groups in total. The van der Waals surface area contributed by atoms with Crippen LogP contribution in [0.3, 0.4) is 0 Å². The third-order valence-corrected chi connectivity index (χ3v) is 3.35. The monoisotopic (exact) mass is 221 g/mol. The van der Waals surface area contributed by atoms with Crippen molar-refractivity contribution >= 4 is 0 Å². The molecule has 0 aromatic carbocycles. The minimum absolute atomic E-state index is 0.217. The van der Waals surface area contributed by atoms with Crippen molar-refractivity contribution in [1.29, 1.82) is 0 Å². The van der Waals surface area contributed by atoms with Crippen molar-refractivity contribution in [3.63, 3.8) is 0 Å². The highest BCUT2D eigenvalue weighted by Gasteiger charge is 2.36. The Hall–Kier alpha value is -1.36. The van der Waals surface area contributed by atoms with E-state index in [2.05, 4.69) is 15.3 Å². The minimum atomic E-state index is 0.217. The summed E-state index contributed by atoms with van der Waals surface area (Å²) < 4.78 is 11.3. The van der Waals surface area contributed by atoms with Gasteiger partial charge in [0.15, 0.2) is 0 Å². The van der Waals surface area contributed by atoms with Crippen LogP contribution in [-0.2, 0) is 0 Å². The Morgan fingerprint density at radius 2 is 1.94 bits per heavy atom. The Morgan fingerprint density at radius 3 is 2.69 bits per heavy atom. The summed E-state index contributed by atoms with van der Waals surface area (Å²) in [5.41, 5.74) is 0.217. The van der Waals surface area contributed by atoms with E-state index in [9.17, 15) is 0 Å². The molecule has 0 bridgehead atoms. The first-order valence-electron chi connectivity index (χ1n) is 5.65. The first kappa shape index (κ1) is 9.84. The van der Waals surface area contributed by atoms with Gasteiger partial charge in [0, 0.05) is 24.4 Å². The summed E-state index contributed by atoms with van der Waals surface area (Å²) in [6, 6.07) is 0. The number of aromatic nitrogens is 2. The number of nitrogens with zero attached hydrogens (tertiary/aromatic N) is 2. The predicted molar refractivity (Wildman–Crippen MR) is 57.6 cm³/mol. The van der Waals surface area contributed by atoms with Gasteiger partial charge in [-0.3, -0.25) is 0 Å². The average molecular weight is 221 g/mol. The summed E-state index contributed by atoms with van der Waals surface area (Å²) in [5, 5.41) is 3.38. The summed E-state index contributed by atoms with van der Waals surface area (Å²) in [6.45, 7) is 3.47. The Balaban J connectivity index is 1.82. The van der Waals surface area contributed by atoms with E-state index in [0.29, 0.717) is 25.0 Å². The molecular formula is C11H15N3O2. The lowest BCUT2D eigenvalue weighted by molar-refractivity contribution is 0.0976. The molecule has 2 aliphatic heterocycles. The first-order valence-corrected chi connectivity index (χ1v) is 5.65. The maximum Gasteiger partial charge on any atom is 0.278 e. The fourth-order valence-electron chi connectivity index (χ4n) is 2.30. The number of fused-ring (bicyclic) bond motifs is 1. The molecule has 2 aliphatic rings. The molecule has 1 saturated heterocycles. The van der Waals surface area contributed by atoms with Gasteiger partial charge in [-0.05, 0) is 19.4 Å². The van der Waals surface area contributed by atoms with Crippen LogP contribution in [0.5, 0.6) is 11.8 Å². The number of hydrogen-bond acceptors (Lipinski definition) is 5. The van der Waals surface area contributed by atoms with Gasteiger partial charge in [0.2, 0.25) is 0 Å². The lowest BCUT2D eigenvalue weighted by Crippen LogP contribution is -2.34. The first-order chi connectivity index (χ1) is 7.88. The van der Waals surface area contributed by atoms with Gasteiger partial charge in [-0.1, -0.05) is 0 Å². The highest BCUT2D eigenvalue weighted by molar-refractivity contribution is 5.24. The van der Waals surface area contributed by atoms with E-state index >= 15 is 0 Å². The van der Waals surface area contributed by atoms with Crippen LogP contribution in [0.25, 0.3) is 0 Å². The normalized spacial score (nSPS) is 28.8. The van der Waals surface area contributed by atoms with Crippen molar-refractivity contribution in [1.82, 2.24) is 15.3 Å². The average Bonchev–Trinajstić information content (AvgIpc) is 2.75. The summed E-state index contributed by atoms with van der Waals surface area (Å²) in [7, 11) is 0. The molecule has 0 saturated carbocycles. The predicted octanol–water partition coefficient (Wildman–Crippen LogP) is 0.618. The Labute approximate surface area is 94.2 Å². The molecule has 0 amide bonds. The van der Waals surface area contributed by atoms with Gasteiger partial charge < -0.3 is 14.8 Å². The zero-order chi connectivity index (χ0) is 10.8. The molecule has 16 heavy (non-hydrogen) atoms. The lowest BCUT2D eigenvalue weighted by Gasteiger charge is -2.29. The van der Waals surface area contributed by atoms with Crippen molar-refractivity contribution in [3.8, 4) is 11.8 Å². The van der Waals surface area contributed by atoms with Crippen molar-refractivity contribution < 1.29 is 9.47 Å². The van der Waals surface area contributed by atoms with Gasteiger partial charge >= 0.3 is 0 Å². The molecule has 86 valence electrons. The number of hydrogen-bond donors (Lipinski definition) is 1. The van der Waals surface area contributed by atoms with E-state index in [1.807, 2.05) is 0 Å². The van der Waals surface area contributed by atoms with E-state index in [0.717, 1.165) is 25.9 Å². The minimum Gasteiger partial charge on any atom is -0.474 e. The van der Waals surface area contributed by atoms with Crippen molar-refractivity contribution in [2.75, 3.05) is 26.3 Å². The third kappa shape index (κ3) is 1.71. The molecule has 5 heteroatoms. The maximum absolute atomic E-state index is 5.73. The highest BCUT2D eigenvalue weighted by Crippen LogP contribution is 2.34. The van der Waals surface area contributed by atoms with Crippen LogP contribution in [0.4, 0.5) is 0 Å². The summed E-state index contributed by atoms with van der Waals surface area (Å²) >= 11 is 0. The molecule has 1 aromatic rings. The van der Waals surface area contributed by atoms with Crippen LogP contribution in [0.1, 0.15) is 12.8 Å². The van der Waals surface area contributed by atoms with Gasteiger partial charge in [-0.25, -0.2) is 9.97 Å². The van der Waals surface area contributed by atoms with Gasteiger partial charge in [0.25, 0.3) is 11.8 Å². The zero-order valence-electron chi connectivity index (χ0n) is 9.11. The molecular weight excluding hydrogens is 206 g/mol. The summed E-state index contributed by atoms with van der Waals surface area (Å²) in [5.74, 6) is 1.04. The van der Waals surface area contributed by atoms with E-state index in [-0.39, 0.29) is 5.41 Å². The van der Waals surface area contributed by atoms with Crippen LogP contribution < -0.4 is 14.8 Å². The summed E-state index contributed by atoms with van der Waals surface area (Å²) in [6.07, 6.45) is 5.40. The molecule has 0 unspecified atom stereocenters. The van der Waals surface area contributed by atoms with Crippen LogP contribution >= 0.6 is 0 Å². The highest BCUT2D eigenvalue weighted by atomic mass is 16.5. The molecule has 3 rings (SSSR count). The quantitative estimate of drug-likeness (QED) is 0.696. The lowest BCUT2D eigenvalue weighted by atomic mass is 9.85. The molecule has 3 heterocycles. The SMILES string of the molecule is c1cnc2c(n1)OCC[C@@]1(CCNC1)CO2. The van der Waals surface area contributed by atoms with Crippen LogP contribution in [0.2, 0.25) is 0 Å². The van der Waals surface area contributed by atoms with E-state index < -0.39 is 0 Å². The number of ether oxygens (including phenoxy) is 2. The molecule has 1 atom stereocenters. The molecule has 5 nitrogen and oxygen atoms in total. The van der Waals surface area contributed by atoms with E-state index in [1.54, 1.807) is 12.4 Å². The summed E-state index contributed by atoms with van der Waals surface area (Å²) in [4.78, 5) is 8.26. The van der Waals surface area contributed by atoms with Crippen LogP contribution in [0, 0.1) is 5.41 Å². The topological polar surface area (TPSA) is 56.3 Å². The van der Waals surface area contributed by atoms with Crippen LogP contribution in [-0.4, -0.2) is 36.3 Å². The van der Waals surface area contributed by atoms with Crippen molar-refractivity contribution in [2.45, 2.75) is 12.8 Å². The van der Waals surface area contributed by atoms with Crippen LogP contribution in [0.15, 0.2) is 12.4 Å². The number of rotatable bonds is 0. The standard InChI is InChI=1S/C11H15N3O2/c1-3-12-7-11(1)2-6-15-9-10(16-8-11)14-5-4-13-9/h4-5,12H,1-3,6-8H2/t11-/m1/s1. The van der Waals surface area contributed by atoms with Crippen molar-refractivity contribution in [3.05, 3.63) is 12.4 Å². The molecule has 1 spiro atoms. The maximum atomic E-state index is 5.73. The van der Waals surface area contributed by atoms with Gasteiger partial charge in [-0.2, -0.15) is 0 Å². The van der Waals surface area contributed by atoms with Crippen molar-refractivity contribution in [2.24, 2.45) is 5.41 Å². The molecule has 1 aromatic heterocycles.